The van der Waals surface area contributed by atoms with Crippen molar-refractivity contribution in [1.29, 1.82) is 0 Å². The van der Waals surface area contributed by atoms with Crippen molar-refractivity contribution in [2.45, 2.75) is 37.8 Å². The van der Waals surface area contributed by atoms with Gasteiger partial charge < -0.3 is 10.2 Å². The van der Waals surface area contributed by atoms with E-state index < -0.39 is 0 Å². The van der Waals surface area contributed by atoms with Gasteiger partial charge in [0.15, 0.2) is 0 Å². The Morgan fingerprint density at radius 1 is 1.40 bits per heavy atom. The smallest absolute Gasteiger partial charge is 0.223 e. The maximum atomic E-state index is 12.1. The van der Waals surface area contributed by atoms with Crippen LogP contribution in [0.3, 0.4) is 0 Å². The molecule has 3 nitrogen and oxygen atoms in total. The van der Waals surface area contributed by atoms with Crippen molar-refractivity contribution in [2.75, 3.05) is 13.1 Å². The molecular formula is C12H18N2O. The van der Waals surface area contributed by atoms with E-state index in [2.05, 4.69) is 22.4 Å². The summed E-state index contributed by atoms with van der Waals surface area (Å²) >= 11 is 0. The van der Waals surface area contributed by atoms with E-state index in [1.807, 2.05) is 0 Å². The molecule has 3 rings (SSSR count). The summed E-state index contributed by atoms with van der Waals surface area (Å²) in [5.41, 5.74) is 0. The molecule has 15 heavy (non-hydrogen) atoms. The first-order valence-electron chi connectivity index (χ1n) is 6.03. The number of nitrogens with zero attached hydrogens (tertiary/aromatic N) is 1. The Morgan fingerprint density at radius 2 is 2.20 bits per heavy atom. The van der Waals surface area contributed by atoms with E-state index in [1.54, 1.807) is 0 Å². The molecule has 0 aromatic carbocycles. The Labute approximate surface area is 90.5 Å². The molecule has 3 heteroatoms. The third-order valence-corrected chi connectivity index (χ3v) is 3.93. The van der Waals surface area contributed by atoms with Crippen LogP contribution in [0, 0.1) is 5.92 Å². The van der Waals surface area contributed by atoms with Crippen molar-refractivity contribution < 1.29 is 4.79 Å². The zero-order chi connectivity index (χ0) is 10.3. The highest BCUT2D eigenvalue weighted by Gasteiger charge is 2.44. The number of hydrogen-bond donors (Lipinski definition) is 1. The Hall–Kier alpha value is -0.830. The fourth-order valence-electron chi connectivity index (χ4n) is 3.08. The molecule has 1 aliphatic carbocycles. The number of carbonyl (C=O) groups excluding carboxylic acids is 1. The van der Waals surface area contributed by atoms with Gasteiger partial charge in [-0.1, -0.05) is 12.2 Å². The molecule has 0 aromatic rings. The van der Waals surface area contributed by atoms with Crippen LogP contribution in [0.1, 0.15) is 25.7 Å². The molecule has 3 aliphatic rings. The summed E-state index contributed by atoms with van der Waals surface area (Å²) in [6.45, 7) is 2.01. The number of carbonyl (C=O) groups is 1. The number of piperazine rings is 1. The van der Waals surface area contributed by atoms with Crippen molar-refractivity contribution in [2.24, 2.45) is 5.92 Å². The van der Waals surface area contributed by atoms with Crippen molar-refractivity contribution >= 4 is 5.91 Å². The predicted octanol–water partition coefficient (Wildman–Crippen LogP) is 0.915. The fourth-order valence-corrected chi connectivity index (χ4v) is 3.08. The molecule has 2 saturated heterocycles. The molecule has 2 aliphatic heterocycles. The molecule has 1 amide bonds. The van der Waals surface area contributed by atoms with Crippen LogP contribution >= 0.6 is 0 Å². The van der Waals surface area contributed by atoms with Gasteiger partial charge in [0, 0.05) is 31.6 Å². The lowest BCUT2D eigenvalue weighted by Crippen LogP contribution is -2.69. The summed E-state index contributed by atoms with van der Waals surface area (Å²) in [6.07, 6.45) is 8.71. The lowest BCUT2D eigenvalue weighted by molar-refractivity contribution is -0.148. The molecule has 1 N–H and O–H groups in total. The highest BCUT2D eigenvalue weighted by molar-refractivity contribution is 5.78. The van der Waals surface area contributed by atoms with E-state index in [4.69, 9.17) is 0 Å². The van der Waals surface area contributed by atoms with Crippen LogP contribution in [0.5, 0.6) is 0 Å². The van der Waals surface area contributed by atoms with Gasteiger partial charge >= 0.3 is 0 Å². The van der Waals surface area contributed by atoms with Crippen LogP contribution in [-0.2, 0) is 4.79 Å². The topological polar surface area (TPSA) is 32.3 Å². The number of nitrogens with one attached hydrogen (secondary N) is 1. The van der Waals surface area contributed by atoms with Crippen molar-refractivity contribution in [3.8, 4) is 0 Å². The summed E-state index contributed by atoms with van der Waals surface area (Å²) in [4.78, 5) is 14.2. The van der Waals surface area contributed by atoms with Gasteiger partial charge in [-0.3, -0.25) is 4.79 Å². The molecule has 0 saturated carbocycles. The normalized spacial score (nSPS) is 37.9. The predicted molar refractivity (Wildman–Crippen MR) is 58.4 cm³/mol. The zero-order valence-corrected chi connectivity index (χ0v) is 8.98. The monoisotopic (exact) mass is 206 g/mol. The standard InChI is InChI=1S/C12H18N2O/c15-12(5-9-3-1-2-4-9)14-10-6-11(14)8-13-7-10/h1,3,9-11,13H,2,4-8H2. The van der Waals surface area contributed by atoms with Crippen LogP contribution < -0.4 is 5.32 Å². The van der Waals surface area contributed by atoms with Gasteiger partial charge in [-0.25, -0.2) is 0 Å². The fraction of sp³-hybridized carbons (Fsp3) is 0.750. The second-order valence-corrected chi connectivity index (χ2v) is 4.97. The minimum atomic E-state index is 0.384. The molecule has 3 unspecified atom stereocenters. The van der Waals surface area contributed by atoms with Gasteiger partial charge in [0.25, 0.3) is 0 Å². The van der Waals surface area contributed by atoms with Crippen LogP contribution in [0.25, 0.3) is 0 Å². The second kappa shape index (κ2) is 3.63. The van der Waals surface area contributed by atoms with Gasteiger partial charge in [-0.15, -0.1) is 0 Å². The summed E-state index contributed by atoms with van der Waals surface area (Å²) in [7, 11) is 0. The minimum Gasteiger partial charge on any atom is -0.334 e. The van der Waals surface area contributed by atoms with Gasteiger partial charge in [0.1, 0.15) is 0 Å². The highest BCUT2D eigenvalue weighted by atomic mass is 16.2. The third-order valence-electron chi connectivity index (χ3n) is 3.93. The number of fused-ring (bicyclic) bond motifs is 2. The quantitative estimate of drug-likeness (QED) is 0.681. The van der Waals surface area contributed by atoms with Gasteiger partial charge in [0.05, 0.1) is 0 Å². The lowest BCUT2D eigenvalue weighted by Gasteiger charge is -2.53. The molecule has 2 heterocycles. The van der Waals surface area contributed by atoms with Gasteiger partial charge in [-0.2, -0.15) is 0 Å². The maximum Gasteiger partial charge on any atom is 0.223 e. The summed E-state index contributed by atoms with van der Waals surface area (Å²) in [5.74, 6) is 0.904. The van der Waals surface area contributed by atoms with Crippen LogP contribution in [0.2, 0.25) is 0 Å². The largest absolute Gasteiger partial charge is 0.334 e. The number of rotatable bonds is 2. The summed E-state index contributed by atoms with van der Waals surface area (Å²) in [5, 5.41) is 3.35. The maximum absolute atomic E-state index is 12.1. The van der Waals surface area contributed by atoms with E-state index in [1.165, 1.54) is 12.8 Å². The van der Waals surface area contributed by atoms with E-state index in [9.17, 15) is 4.79 Å². The molecule has 3 atom stereocenters. The summed E-state index contributed by atoms with van der Waals surface area (Å²) < 4.78 is 0. The third kappa shape index (κ3) is 1.59. The van der Waals surface area contributed by atoms with E-state index >= 15 is 0 Å². The van der Waals surface area contributed by atoms with Crippen molar-refractivity contribution in [1.82, 2.24) is 10.2 Å². The Morgan fingerprint density at radius 3 is 2.80 bits per heavy atom. The summed E-state index contributed by atoms with van der Waals surface area (Å²) in [6, 6.07) is 1.00. The molecule has 0 radical (unpaired) electrons. The minimum absolute atomic E-state index is 0.384. The average molecular weight is 206 g/mol. The first-order chi connectivity index (χ1) is 7.34. The van der Waals surface area contributed by atoms with Crippen LogP contribution in [-0.4, -0.2) is 36.0 Å². The Balaban J connectivity index is 1.58. The molecule has 0 spiro atoms. The first-order valence-corrected chi connectivity index (χ1v) is 6.03. The zero-order valence-electron chi connectivity index (χ0n) is 8.98. The number of hydrogen-bond acceptors (Lipinski definition) is 2. The van der Waals surface area contributed by atoms with Crippen molar-refractivity contribution in [3.05, 3.63) is 12.2 Å². The molecule has 2 fully saturated rings. The second-order valence-electron chi connectivity index (χ2n) is 4.97. The SMILES string of the molecule is O=C(CC1C=CCC1)N1C2CNCC1C2. The Kier molecular flexibility index (Phi) is 2.28. The van der Waals surface area contributed by atoms with Gasteiger partial charge in [-0.05, 0) is 25.2 Å². The number of allylic oxidation sites excluding steroid dienone is 2. The highest BCUT2D eigenvalue weighted by Crippen LogP contribution is 2.31. The van der Waals surface area contributed by atoms with E-state index in [0.29, 0.717) is 23.9 Å². The van der Waals surface area contributed by atoms with Gasteiger partial charge in [0.2, 0.25) is 5.91 Å². The molecular weight excluding hydrogens is 188 g/mol. The average Bonchev–Trinajstić information content (AvgIpc) is 2.71. The van der Waals surface area contributed by atoms with Crippen LogP contribution in [0.4, 0.5) is 0 Å². The molecule has 0 aromatic heterocycles. The van der Waals surface area contributed by atoms with E-state index in [0.717, 1.165) is 25.9 Å². The number of amides is 1. The Bertz CT molecular complexity index is 286. The lowest BCUT2D eigenvalue weighted by atomic mass is 9.87. The molecule has 82 valence electrons. The van der Waals surface area contributed by atoms with Crippen LogP contribution in [0.15, 0.2) is 12.2 Å². The molecule has 2 bridgehead atoms. The first kappa shape index (κ1) is 9.40. The number of piperidine rings is 1. The van der Waals surface area contributed by atoms with Crippen molar-refractivity contribution in [3.63, 3.8) is 0 Å². The van der Waals surface area contributed by atoms with E-state index in [-0.39, 0.29) is 0 Å².